The molecule has 386 valence electrons. The average Bonchev–Trinajstić information content (AvgIpc) is 3.32. The lowest BCUT2D eigenvalue weighted by Gasteiger charge is -2.24. The summed E-state index contributed by atoms with van der Waals surface area (Å²) in [5.74, 6) is -0.581. The Hall–Kier alpha value is -2.96. The molecule has 0 bridgehead atoms. The number of hydrogen-bond donors (Lipinski definition) is 3. The van der Waals surface area contributed by atoms with Gasteiger partial charge in [0.25, 0.3) is 0 Å². The molecule has 1 amide bonds. The molecular formula is C61H107NO5. The lowest BCUT2D eigenvalue weighted by atomic mass is 10.0. The van der Waals surface area contributed by atoms with Gasteiger partial charge in [0.15, 0.2) is 0 Å². The Bertz CT molecular complexity index is 1280. The molecule has 67 heavy (non-hydrogen) atoms. The van der Waals surface area contributed by atoms with Gasteiger partial charge in [-0.05, 0) is 89.9 Å². The van der Waals surface area contributed by atoms with Crippen LogP contribution < -0.4 is 5.32 Å². The van der Waals surface area contributed by atoms with E-state index in [-0.39, 0.29) is 31.3 Å². The predicted molar refractivity (Wildman–Crippen MR) is 291 cm³/mol. The van der Waals surface area contributed by atoms with Gasteiger partial charge in [-0.1, -0.05) is 247 Å². The minimum atomic E-state index is -0.807. The van der Waals surface area contributed by atoms with E-state index in [1.54, 1.807) is 0 Å². The summed E-state index contributed by atoms with van der Waals surface area (Å²) >= 11 is 0. The number of carbonyl (C=O) groups excluding carboxylic acids is 2. The fourth-order valence-corrected chi connectivity index (χ4v) is 8.22. The molecule has 0 fully saturated rings. The third kappa shape index (κ3) is 49.3. The highest BCUT2D eigenvalue weighted by Crippen LogP contribution is 2.17. The summed E-state index contributed by atoms with van der Waals surface area (Å²) in [6, 6.07) is -0.723. The normalized spacial score (nSPS) is 13.8. The molecule has 3 unspecified atom stereocenters. The molecule has 0 aliphatic carbocycles. The largest absolute Gasteiger partial charge is 0.462 e. The van der Waals surface area contributed by atoms with Crippen molar-refractivity contribution in [3.05, 3.63) is 85.1 Å². The number of amides is 1. The number of rotatable bonds is 50. The molecule has 0 radical (unpaired) electrons. The summed E-state index contributed by atoms with van der Waals surface area (Å²) in [7, 11) is 0. The maximum Gasteiger partial charge on any atom is 0.306 e. The molecule has 3 atom stereocenters. The second-order valence-electron chi connectivity index (χ2n) is 19.0. The van der Waals surface area contributed by atoms with Crippen LogP contribution in [0.15, 0.2) is 85.1 Å². The van der Waals surface area contributed by atoms with E-state index in [1.165, 1.54) is 128 Å². The molecule has 0 heterocycles. The van der Waals surface area contributed by atoms with Crippen LogP contribution in [-0.4, -0.2) is 46.9 Å². The molecular weight excluding hydrogens is 827 g/mol. The van der Waals surface area contributed by atoms with Crippen LogP contribution >= 0.6 is 0 Å². The van der Waals surface area contributed by atoms with E-state index in [1.807, 2.05) is 6.08 Å². The maximum absolute atomic E-state index is 13.2. The fourth-order valence-electron chi connectivity index (χ4n) is 8.22. The van der Waals surface area contributed by atoms with Crippen LogP contribution in [0.5, 0.6) is 0 Å². The lowest BCUT2D eigenvalue weighted by molar-refractivity contribution is -0.150. The van der Waals surface area contributed by atoms with Gasteiger partial charge in [-0.15, -0.1) is 0 Å². The zero-order valence-electron chi connectivity index (χ0n) is 44.0. The first-order valence-corrected chi connectivity index (χ1v) is 28.3. The Balaban J connectivity index is 4.65. The minimum absolute atomic E-state index is 0.0387. The van der Waals surface area contributed by atoms with Gasteiger partial charge in [0.05, 0.1) is 25.2 Å². The topological polar surface area (TPSA) is 95.9 Å². The molecule has 0 rings (SSSR count). The second kappa shape index (κ2) is 54.0. The van der Waals surface area contributed by atoms with E-state index < -0.39 is 18.2 Å². The Morgan fingerprint density at radius 1 is 0.448 bits per heavy atom. The monoisotopic (exact) mass is 934 g/mol. The number of aliphatic hydroxyl groups is 2. The standard InChI is InChI=1S/C61H107NO5/c1-4-7-10-13-16-19-22-25-27-29-30-31-33-36-39-42-45-48-51-54-61(66)67-57(52-49-46-43-40-37-34-24-21-18-15-12-9-6-3)55-60(65)62-58(56-63)59(64)53-50-47-44-41-38-35-32-28-26-23-20-17-14-11-8-5-2/h7,10,16,19,21,24-25,27,30-31,36,39,45,48,57-59,63-64H,4-6,8-9,11-15,17-18,20,22-23,26,28-29,32-35,37-38,40-44,46-47,49-56H2,1-3H3,(H,62,65)/b10-7-,19-16-,24-21-,27-25-,31-30-,39-36-,48-45-. The van der Waals surface area contributed by atoms with Gasteiger partial charge in [0.2, 0.25) is 5.91 Å². The van der Waals surface area contributed by atoms with Gasteiger partial charge in [-0.2, -0.15) is 0 Å². The number of hydrogen-bond acceptors (Lipinski definition) is 5. The van der Waals surface area contributed by atoms with Crippen LogP contribution in [0.25, 0.3) is 0 Å². The molecule has 3 N–H and O–H groups in total. The smallest absolute Gasteiger partial charge is 0.306 e. The minimum Gasteiger partial charge on any atom is -0.462 e. The molecule has 0 aromatic rings. The van der Waals surface area contributed by atoms with Crippen molar-refractivity contribution in [3.63, 3.8) is 0 Å². The van der Waals surface area contributed by atoms with E-state index in [4.69, 9.17) is 4.74 Å². The van der Waals surface area contributed by atoms with Crippen molar-refractivity contribution in [2.24, 2.45) is 0 Å². The molecule has 0 saturated carbocycles. The highest BCUT2D eigenvalue weighted by molar-refractivity contribution is 5.77. The van der Waals surface area contributed by atoms with Crippen LogP contribution in [0.2, 0.25) is 0 Å². The van der Waals surface area contributed by atoms with Crippen molar-refractivity contribution >= 4 is 11.9 Å². The molecule has 0 aliphatic rings. The highest BCUT2D eigenvalue weighted by atomic mass is 16.5. The molecule has 0 aromatic carbocycles. The maximum atomic E-state index is 13.2. The third-order valence-electron chi connectivity index (χ3n) is 12.5. The molecule has 0 aromatic heterocycles. The van der Waals surface area contributed by atoms with Gasteiger partial charge in [0, 0.05) is 6.42 Å². The van der Waals surface area contributed by atoms with Crippen molar-refractivity contribution in [1.29, 1.82) is 0 Å². The van der Waals surface area contributed by atoms with E-state index in [9.17, 15) is 19.8 Å². The summed E-state index contributed by atoms with van der Waals surface area (Å²) in [6.45, 7) is 6.35. The van der Waals surface area contributed by atoms with Crippen molar-refractivity contribution in [3.8, 4) is 0 Å². The zero-order valence-corrected chi connectivity index (χ0v) is 44.0. The summed E-state index contributed by atoms with van der Waals surface area (Å²) in [4.78, 5) is 26.2. The number of carbonyl (C=O) groups is 2. The Labute approximate surface area is 414 Å². The summed E-state index contributed by atoms with van der Waals surface area (Å²) < 4.78 is 5.90. The van der Waals surface area contributed by atoms with E-state index in [2.05, 4.69) is 105 Å². The molecule has 0 aliphatic heterocycles. The van der Waals surface area contributed by atoms with Gasteiger partial charge >= 0.3 is 5.97 Å². The lowest BCUT2D eigenvalue weighted by Crippen LogP contribution is -2.46. The first-order valence-electron chi connectivity index (χ1n) is 28.3. The van der Waals surface area contributed by atoms with E-state index in [0.29, 0.717) is 19.3 Å². The van der Waals surface area contributed by atoms with Crippen molar-refractivity contribution < 1.29 is 24.5 Å². The van der Waals surface area contributed by atoms with Gasteiger partial charge in [-0.3, -0.25) is 9.59 Å². The Morgan fingerprint density at radius 3 is 1.24 bits per heavy atom. The van der Waals surface area contributed by atoms with E-state index >= 15 is 0 Å². The Morgan fingerprint density at radius 2 is 0.806 bits per heavy atom. The number of nitrogens with one attached hydrogen (secondary N) is 1. The summed E-state index contributed by atoms with van der Waals surface area (Å²) in [6.07, 6.45) is 70.8. The van der Waals surface area contributed by atoms with Crippen LogP contribution in [-0.2, 0) is 14.3 Å². The van der Waals surface area contributed by atoms with Gasteiger partial charge < -0.3 is 20.3 Å². The Kier molecular flexibility index (Phi) is 51.6. The average molecular weight is 935 g/mol. The number of unbranched alkanes of at least 4 members (excludes halogenated alkanes) is 24. The van der Waals surface area contributed by atoms with Crippen LogP contribution in [0, 0.1) is 0 Å². The highest BCUT2D eigenvalue weighted by Gasteiger charge is 2.24. The first kappa shape index (κ1) is 64.0. The van der Waals surface area contributed by atoms with Gasteiger partial charge in [-0.25, -0.2) is 0 Å². The molecule has 0 spiro atoms. The van der Waals surface area contributed by atoms with Crippen molar-refractivity contribution in [1.82, 2.24) is 5.32 Å². The number of ether oxygens (including phenoxy) is 1. The van der Waals surface area contributed by atoms with E-state index in [0.717, 1.165) is 83.5 Å². The summed E-state index contributed by atoms with van der Waals surface area (Å²) in [5, 5.41) is 23.9. The zero-order chi connectivity index (χ0) is 48.8. The fraction of sp³-hybridized carbons (Fsp3) is 0.738. The molecule has 6 nitrogen and oxygen atoms in total. The van der Waals surface area contributed by atoms with Crippen molar-refractivity contribution in [2.75, 3.05) is 6.61 Å². The predicted octanol–water partition coefficient (Wildman–Crippen LogP) is 17.5. The number of aliphatic hydroxyl groups excluding tert-OH is 2. The molecule has 0 saturated heterocycles. The third-order valence-corrected chi connectivity index (χ3v) is 12.5. The number of esters is 1. The van der Waals surface area contributed by atoms with Crippen LogP contribution in [0.3, 0.4) is 0 Å². The van der Waals surface area contributed by atoms with Gasteiger partial charge in [0.1, 0.15) is 6.10 Å². The number of allylic oxidation sites excluding steroid dienone is 14. The quantitative estimate of drug-likeness (QED) is 0.0321. The second-order valence-corrected chi connectivity index (χ2v) is 19.0. The SMILES string of the molecule is CC/C=C\C/C=C\C/C=C\C/C=C\C/C=C\C/C=C\CCC(=O)OC(CCCCCCC/C=C\CCCCCC)CC(=O)NC(CO)C(O)CCCCCCCCCCCCCCCCCC. The van der Waals surface area contributed by atoms with Crippen molar-refractivity contribution in [2.45, 2.75) is 283 Å². The molecule has 6 heteroatoms. The van der Waals surface area contributed by atoms with Crippen LogP contribution in [0.1, 0.15) is 265 Å². The first-order chi connectivity index (χ1) is 33.0. The van der Waals surface area contributed by atoms with Crippen LogP contribution in [0.4, 0.5) is 0 Å². The summed E-state index contributed by atoms with van der Waals surface area (Å²) in [5.41, 5.74) is 0.